The maximum atomic E-state index is 8.53. The highest BCUT2D eigenvalue weighted by Gasteiger charge is 2.06. The normalized spacial score (nSPS) is 14.9. The number of nitriles is 2. The lowest BCUT2D eigenvalue weighted by Gasteiger charge is -2.00. The highest BCUT2D eigenvalue weighted by molar-refractivity contribution is 8.11. The van der Waals surface area contributed by atoms with Gasteiger partial charge in [-0.2, -0.15) is 10.5 Å². The molecule has 0 N–H and O–H groups in total. The lowest BCUT2D eigenvalue weighted by Crippen LogP contribution is -1.77. The van der Waals surface area contributed by atoms with Crippen LogP contribution in [-0.4, -0.2) is 0 Å². The molecule has 0 atom stereocenters. The Morgan fingerprint density at radius 3 is 2.62 bits per heavy atom. The van der Waals surface area contributed by atoms with E-state index in [4.69, 9.17) is 10.5 Å². The molecule has 0 unspecified atom stereocenters. The van der Waals surface area contributed by atoms with Crippen molar-refractivity contribution in [2.45, 2.75) is 6.42 Å². The molecule has 0 amide bonds. The number of nitrogens with zero attached hydrogens (tertiary/aromatic N) is 2. The molecule has 4 heteroatoms. The molecule has 1 rings (SSSR count). The molecule has 0 radical (unpaired) electrons. The number of hydrogen-bond donors (Lipinski definition) is 0. The second kappa shape index (κ2) is 5.53. The third-order valence-corrected chi connectivity index (χ3v) is 2.94. The van der Waals surface area contributed by atoms with Gasteiger partial charge in [0.1, 0.15) is 10.8 Å². The van der Waals surface area contributed by atoms with E-state index in [0.29, 0.717) is 0 Å². The van der Waals surface area contributed by atoms with Gasteiger partial charge in [0.2, 0.25) is 0 Å². The van der Waals surface area contributed by atoms with Crippen LogP contribution in [0.1, 0.15) is 6.42 Å². The third-order valence-electron chi connectivity index (χ3n) is 1.40. The molecule has 0 aromatic rings. The van der Waals surface area contributed by atoms with Crippen LogP contribution < -0.4 is 0 Å². The minimum absolute atomic E-state index is 0.731. The first-order valence-electron chi connectivity index (χ1n) is 3.56. The molecule has 0 aliphatic heterocycles. The van der Waals surface area contributed by atoms with Gasteiger partial charge in [-0.1, -0.05) is 18.2 Å². The van der Waals surface area contributed by atoms with Crippen LogP contribution in [-0.2, 0) is 0 Å². The predicted octanol–water partition coefficient (Wildman–Crippen LogP) is 3.14. The average Bonchev–Trinajstić information content (AvgIpc) is 2.33. The summed E-state index contributed by atoms with van der Waals surface area (Å²) in [5, 5.41) is 21.1. The number of thioether (sulfide) groups is 2. The second-order valence-corrected chi connectivity index (χ2v) is 3.87. The van der Waals surface area contributed by atoms with Crippen molar-refractivity contribution in [3.8, 4) is 10.8 Å². The van der Waals surface area contributed by atoms with Gasteiger partial charge in [0.25, 0.3) is 0 Å². The Hall–Kier alpha value is -1.10. The topological polar surface area (TPSA) is 47.6 Å². The fraction of sp³-hybridized carbons (Fsp3) is 0.111. The van der Waals surface area contributed by atoms with Gasteiger partial charge in [0.05, 0.1) is 0 Å². The highest BCUT2D eigenvalue weighted by atomic mass is 32.2. The summed E-state index contributed by atoms with van der Waals surface area (Å²) < 4.78 is 0. The van der Waals surface area contributed by atoms with Crippen LogP contribution in [0.3, 0.4) is 0 Å². The molecule has 0 aromatic carbocycles. The van der Waals surface area contributed by atoms with Crippen LogP contribution in [0.25, 0.3) is 0 Å². The van der Waals surface area contributed by atoms with Crippen LogP contribution in [0.2, 0.25) is 0 Å². The van der Waals surface area contributed by atoms with Crippen molar-refractivity contribution >= 4 is 23.5 Å². The second-order valence-electron chi connectivity index (χ2n) is 2.17. The Morgan fingerprint density at radius 2 is 1.92 bits per heavy atom. The van der Waals surface area contributed by atoms with Crippen LogP contribution in [0.5, 0.6) is 0 Å². The van der Waals surface area contributed by atoms with E-state index in [1.54, 1.807) is 0 Å². The molecular formula is C9H6N2S2. The van der Waals surface area contributed by atoms with E-state index in [2.05, 4.69) is 0 Å². The molecule has 0 saturated heterocycles. The van der Waals surface area contributed by atoms with Gasteiger partial charge in [-0.05, 0) is 36.0 Å². The zero-order valence-corrected chi connectivity index (χ0v) is 8.36. The fourth-order valence-corrected chi connectivity index (χ4v) is 2.03. The largest absolute Gasteiger partial charge is 0.185 e. The summed E-state index contributed by atoms with van der Waals surface area (Å²) in [6.45, 7) is 0. The number of thiocyanates is 2. The molecule has 0 spiro atoms. The van der Waals surface area contributed by atoms with Crippen molar-refractivity contribution in [1.82, 2.24) is 0 Å². The molecule has 1 aliphatic rings. The summed E-state index contributed by atoms with van der Waals surface area (Å²) in [5.74, 6) is 0. The zero-order chi connectivity index (χ0) is 9.52. The summed E-state index contributed by atoms with van der Waals surface area (Å²) in [6.07, 6.45) is 8.36. The Bertz CT molecular complexity index is 353. The van der Waals surface area contributed by atoms with E-state index in [-0.39, 0.29) is 0 Å². The molecular weight excluding hydrogens is 200 g/mol. The summed E-state index contributed by atoms with van der Waals surface area (Å²) in [5.41, 5.74) is 0. The predicted molar refractivity (Wildman–Crippen MR) is 56.3 cm³/mol. The summed E-state index contributed by atoms with van der Waals surface area (Å²) in [6, 6.07) is 0. The molecule has 0 aromatic heterocycles. The van der Waals surface area contributed by atoms with Gasteiger partial charge in [0, 0.05) is 9.81 Å². The lowest BCUT2D eigenvalue weighted by molar-refractivity contribution is 1.37. The van der Waals surface area contributed by atoms with Crippen molar-refractivity contribution in [2.24, 2.45) is 0 Å². The molecule has 2 nitrogen and oxygen atoms in total. The fourth-order valence-electron chi connectivity index (χ4n) is 0.877. The molecule has 13 heavy (non-hydrogen) atoms. The van der Waals surface area contributed by atoms with E-state index >= 15 is 0 Å². The number of rotatable bonds is 2. The SMILES string of the molecule is N#CSC1=C(SC#N)CC=CC=C1. The van der Waals surface area contributed by atoms with Gasteiger partial charge in [-0.3, -0.25) is 0 Å². The Labute approximate surface area is 85.6 Å². The van der Waals surface area contributed by atoms with E-state index < -0.39 is 0 Å². The first kappa shape index (κ1) is 9.98. The van der Waals surface area contributed by atoms with Gasteiger partial charge >= 0.3 is 0 Å². The van der Waals surface area contributed by atoms with Gasteiger partial charge in [-0.15, -0.1) is 0 Å². The third kappa shape index (κ3) is 3.02. The van der Waals surface area contributed by atoms with Gasteiger partial charge < -0.3 is 0 Å². The smallest absolute Gasteiger partial charge is 0.138 e. The Morgan fingerprint density at radius 1 is 1.15 bits per heavy atom. The first-order valence-corrected chi connectivity index (χ1v) is 5.20. The standard InChI is InChI=1S/C9H6N2S2/c10-6-12-8-4-2-1-3-5-9(8)13-7-11/h1-4H,5H2. The van der Waals surface area contributed by atoms with Crippen molar-refractivity contribution in [1.29, 1.82) is 10.5 Å². The number of hydrogen-bond acceptors (Lipinski definition) is 4. The monoisotopic (exact) mass is 206 g/mol. The van der Waals surface area contributed by atoms with Crippen molar-refractivity contribution in [3.05, 3.63) is 34.1 Å². The highest BCUT2D eigenvalue weighted by Crippen LogP contribution is 2.31. The van der Waals surface area contributed by atoms with Gasteiger partial charge in [-0.25, -0.2) is 0 Å². The maximum Gasteiger partial charge on any atom is 0.138 e. The van der Waals surface area contributed by atoms with Crippen LogP contribution >= 0.6 is 23.5 Å². The summed E-state index contributed by atoms with van der Waals surface area (Å²) in [4.78, 5) is 1.82. The van der Waals surface area contributed by atoms with Crippen molar-refractivity contribution in [2.75, 3.05) is 0 Å². The van der Waals surface area contributed by atoms with Crippen LogP contribution in [0.15, 0.2) is 34.1 Å². The molecule has 64 valence electrons. The van der Waals surface area contributed by atoms with Crippen molar-refractivity contribution < 1.29 is 0 Å². The quantitative estimate of drug-likeness (QED) is 0.651. The van der Waals surface area contributed by atoms with Crippen molar-refractivity contribution in [3.63, 3.8) is 0 Å². The number of allylic oxidation sites excluding steroid dienone is 5. The van der Waals surface area contributed by atoms with E-state index in [1.165, 1.54) is 0 Å². The average molecular weight is 206 g/mol. The molecule has 0 bridgehead atoms. The Kier molecular flexibility index (Phi) is 4.25. The van der Waals surface area contributed by atoms with Crippen LogP contribution in [0, 0.1) is 21.3 Å². The van der Waals surface area contributed by atoms with E-state index in [9.17, 15) is 0 Å². The molecule has 1 aliphatic carbocycles. The minimum atomic E-state index is 0.731. The molecule has 0 heterocycles. The van der Waals surface area contributed by atoms with E-state index in [0.717, 1.165) is 39.8 Å². The first-order chi connectivity index (χ1) is 6.38. The molecule has 0 saturated carbocycles. The lowest BCUT2D eigenvalue weighted by atomic mass is 10.4. The van der Waals surface area contributed by atoms with Gasteiger partial charge in [0.15, 0.2) is 0 Å². The minimum Gasteiger partial charge on any atom is -0.185 e. The Balaban J connectivity index is 2.90. The zero-order valence-electron chi connectivity index (χ0n) is 6.73. The molecule has 0 fully saturated rings. The van der Waals surface area contributed by atoms with Crippen LogP contribution in [0.4, 0.5) is 0 Å². The summed E-state index contributed by atoms with van der Waals surface area (Å²) >= 11 is 2.22. The maximum absolute atomic E-state index is 8.53. The van der Waals surface area contributed by atoms with E-state index in [1.807, 2.05) is 35.1 Å². The summed E-state index contributed by atoms with van der Waals surface area (Å²) in [7, 11) is 0.